The molecule has 0 fully saturated rings. The Bertz CT molecular complexity index is 553. The number of rotatable bonds is 3. The van der Waals surface area contributed by atoms with Crippen molar-refractivity contribution in [2.24, 2.45) is 0 Å². The van der Waals surface area contributed by atoms with Crippen LogP contribution in [0.15, 0.2) is 36.4 Å². The first kappa shape index (κ1) is 12.0. The molecule has 0 aliphatic carbocycles. The van der Waals surface area contributed by atoms with E-state index in [4.69, 9.17) is 18.0 Å². The molecular formula is C14H12ClNS. The van der Waals surface area contributed by atoms with Crippen molar-refractivity contribution in [1.82, 2.24) is 0 Å². The van der Waals surface area contributed by atoms with Gasteiger partial charge >= 0.3 is 0 Å². The van der Waals surface area contributed by atoms with E-state index in [2.05, 4.69) is 18.2 Å². The zero-order valence-corrected chi connectivity index (χ0v) is 11.0. The summed E-state index contributed by atoms with van der Waals surface area (Å²) in [5.74, 6) is 2.63. The molecule has 0 aliphatic heterocycles. The van der Waals surface area contributed by atoms with Gasteiger partial charge in [0.25, 0.3) is 0 Å². The van der Waals surface area contributed by atoms with Crippen molar-refractivity contribution in [3.05, 3.63) is 51.2 Å². The monoisotopic (exact) mass is 261 g/mol. The molecule has 86 valence electrons. The summed E-state index contributed by atoms with van der Waals surface area (Å²) in [6.07, 6.45) is 5.37. The van der Waals surface area contributed by atoms with Gasteiger partial charge in [-0.2, -0.15) is 0 Å². The van der Waals surface area contributed by atoms with Gasteiger partial charge in [-0.1, -0.05) is 23.6 Å². The minimum atomic E-state index is 0.223. The van der Waals surface area contributed by atoms with Crippen molar-refractivity contribution in [1.29, 1.82) is 0 Å². The Labute approximate surface area is 110 Å². The molecule has 1 unspecified atom stereocenters. The Kier molecular flexibility index (Phi) is 3.73. The van der Waals surface area contributed by atoms with Gasteiger partial charge in [-0.3, -0.25) is 0 Å². The minimum absolute atomic E-state index is 0.223. The lowest BCUT2D eigenvalue weighted by Crippen LogP contribution is -2.04. The van der Waals surface area contributed by atoms with E-state index in [9.17, 15) is 0 Å². The average molecular weight is 262 g/mol. The Morgan fingerprint density at radius 1 is 1.35 bits per heavy atom. The molecule has 0 radical (unpaired) electrons. The lowest BCUT2D eigenvalue weighted by molar-refractivity contribution is 0.908. The van der Waals surface area contributed by atoms with Gasteiger partial charge in [0.15, 0.2) is 0 Å². The SMILES string of the molecule is C#Cc1cccc(NC(C)c2ccc(Cl)s2)c1. The molecule has 1 nitrogen and oxygen atoms in total. The van der Waals surface area contributed by atoms with Crippen molar-refractivity contribution >= 4 is 28.6 Å². The van der Waals surface area contributed by atoms with E-state index in [-0.39, 0.29) is 6.04 Å². The molecule has 2 rings (SSSR count). The van der Waals surface area contributed by atoms with Crippen LogP contribution in [0.5, 0.6) is 0 Å². The van der Waals surface area contributed by atoms with E-state index in [1.54, 1.807) is 11.3 Å². The van der Waals surface area contributed by atoms with E-state index < -0.39 is 0 Å². The fraction of sp³-hybridized carbons (Fsp3) is 0.143. The van der Waals surface area contributed by atoms with Gasteiger partial charge < -0.3 is 5.32 Å². The summed E-state index contributed by atoms with van der Waals surface area (Å²) < 4.78 is 0.811. The lowest BCUT2D eigenvalue weighted by atomic mass is 10.2. The second kappa shape index (κ2) is 5.27. The van der Waals surface area contributed by atoms with Gasteiger partial charge in [0.1, 0.15) is 0 Å². The number of terminal acetylenes is 1. The van der Waals surface area contributed by atoms with Crippen molar-refractivity contribution < 1.29 is 0 Å². The van der Waals surface area contributed by atoms with Gasteiger partial charge in [-0.25, -0.2) is 0 Å². The topological polar surface area (TPSA) is 12.0 Å². The zero-order valence-electron chi connectivity index (χ0n) is 9.41. The highest BCUT2D eigenvalue weighted by molar-refractivity contribution is 7.16. The first-order valence-electron chi connectivity index (χ1n) is 5.27. The van der Waals surface area contributed by atoms with Gasteiger partial charge in [-0.05, 0) is 37.3 Å². The van der Waals surface area contributed by atoms with E-state index >= 15 is 0 Å². The number of benzene rings is 1. The molecule has 1 atom stereocenters. The molecular weight excluding hydrogens is 250 g/mol. The van der Waals surface area contributed by atoms with Crippen molar-refractivity contribution in [2.75, 3.05) is 5.32 Å². The summed E-state index contributed by atoms with van der Waals surface area (Å²) in [5.41, 5.74) is 1.91. The average Bonchev–Trinajstić information content (AvgIpc) is 2.76. The summed E-state index contributed by atoms with van der Waals surface area (Å²) >= 11 is 7.51. The predicted octanol–water partition coefficient (Wildman–Crippen LogP) is 4.56. The van der Waals surface area contributed by atoms with E-state index in [0.29, 0.717) is 0 Å². The third-order valence-corrected chi connectivity index (χ3v) is 3.85. The van der Waals surface area contributed by atoms with Gasteiger partial charge in [0, 0.05) is 16.1 Å². The maximum Gasteiger partial charge on any atom is 0.0932 e. The predicted molar refractivity (Wildman–Crippen MR) is 75.7 cm³/mol. The highest BCUT2D eigenvalue weighted by atomic mass is 35.5. The Hall–Kier alpha value is -1.43. The van der Waals surface area contributed by atoms with Crippen LogP contribution in [0.2, 0.25) is 4.34 Å². The molecule has 0 saturated carbocycles. The number of nitrogens with one attached hydrogen (secondary N) is 1. The normalized spacial score (nSPS) is 11.8. The molecule has 1 aromatic carbocycles. The number of hydrogen-bond acceptors (Lipinski definition) is 2. The van der Waals surface area contributed by atoms with Gasteiger partial charge in [0.2, 0.25) is 0 Å². The molecule has 0 amide bonds. The maximum atomic E-state index is 5.92. The fourth-order valence-corrected chi connectivity index (χ4v) is 2.64. The molecule has 0 bridgehead atoms. The highest BCUT2D eigenvalue weighted by Crippen LogP contribution is 2.29. The Morgan fingerprint density at radius 2 is 2.18 bits per heavy atom. The van der Waals surface area contributed by atoms with Crippen LogP contribution in [0.25, 0.3) is 0 Å². The molecule has 0 spiro atoms. The van der Waals surface area contributed by atoms with Gasteiger partial charge in [0.05, 0.1) is 10.4 Å². The summed E-state index contributed by atoms with van der Waals surface area (Å²) in [4.78, 5) is 1.21. The van der Waals surface area contributed by atoms with Crippen molar-refractivity contribution in [3.63, 3.8) is 0 Å². The number of halogens is 1. The summed E-state index contributed by atoms with van der Waals surface area (Å²) in [7, 11) is 0. The molecule has 3 heteroatoms. The third kappa shape index (κ3) is 3.03. The standard InChI is InChI=1S/C14H12ClNS/c1-3-11-5-4-6-12(9-11)16-10(2)13-7-8-14(15)17-13/h1,4-10,16H,2H3. The zero-order chi connectivity index (χ0) is 12.3. The largest absolute Gasteiger partial charge is 0.378 e. The molecule has 1 heterocycles. The second-order valence-corrected chi connectivity index (χ2v) is 5.48. The molecule has 0 aliphatic rings. The van der Waals surface area contributed by atoms with Crippen molar-refractivity contribution in [3.8, 4) is 12.3 Å². The van der Waals surface area contributed by atoms with Crippen LogP contribution in [-0.4, -0.2) is 0 Å². The first-order chi connectivity index (χ1) is 8.19. The van der Waals surface area contributed by atoms with E-state index in [0.717, 1.165) is 15.6 Å². The first-order valence-corrected chi connectivity index (χ1v) is 6.47. The highest BCUT2D eigenvalue weighted by Gasteiger charge is 2.07. The summed E-state index contributed by atoms with van der Waals surface area (Å²) in [6.45, 7) is 2.10. The second-order valence-electron chi connectivity index (χ2n) is 3.73. The van der Waals surface area contributed by atoms with Crippen LogP contribution in [0.1, 0.15) is 23.4 Å². The Balaban J connectivity index is 2.13. The summed E-state index contributed by atoms with van der Waals surface area (Å²) in [5, 5.41) is 3.40. The van der Waals surface area contributed by atoms with Crippen LogP contribution in [0, 0.1) is 12.3 Å². The molecule has 1 aromatic heterocycles. The number of thiophene rings is 1. The minimum Gasteiger partial charge on any atom is -0.378 e. The molecule has 0 saturated heterocycles. The maximum absolute atomic E-state index is 5.92. The fourth-order valence-electron chi connectivity index (χ4n) is 1.58. The van der Waals surface area contributed by atoms with Gasteiger partial charge in [-0.15, -0.1) is 17.8 Å². The van der Waals surface area contributed by atoms with Crippen LogP contribution < -0.4 is 5.32 Å². The number of anilines is 1. The molecule has 1 N–H and O–H groups in total. The lowest BCUT2D eigenvalue weighted by Gasteiger charge is -2.13. The third-order valence-electron chi connectivity index (χ3n) is 2.43. The smallest absolute Gasteiger partial charge is 0.0932 e. The number of hydrogen-bond donors (Lipinski definition) is 1. The molecule has 2 aromatic rings. The van der Waals surface area contributed by atoms with E-state index in [1.807, 2.05) is 36.4 Å². The van der Waals surface area contributed by atoms with Crippen LogP contribution >= 0.6 is 22.9 Å². The quantitative estimate of drug-likeness (QED) is 0.799. The van der Waals surface area contributed by atoms with Crippen LogP contribution in [0.4, 0.5) is 5.69 Å². The Morgan fingerprint density at radius 3 is 2.82 bits per heavy atom. The summed E-state index contributed by atoms with van der Waals surface area (Å²) in [6, 6.07) is 12.0. The van der Waals surface area contributed by atoms with Crippen LogP contribution in [-0.2, 0) is 0 Å². The molecule has 17 heavy (non-hydrogen) atoms. The van der Waals surface area contributed by atoms with Crippen molar-refractivity contribution in [2.45, 2.75) is 13.0 Å². The van der Waals surface area contributed by atoms with Crippen LogP contribution in [0.3, 0.4) is 0 Å². The van der Waals surface area contributed by atoms with E-state index in [1.165, 1.54) is 4.88 Å².